The SMILES string of the molecule is C=CCCCN(C)c1cc(C#N)ccn1. The zero-order valence-corrected chi connectivity index (χ0v) is 8.98. The summed E-state index contributed by atoms with van der Waals surface area (Å²) >= 11 is 0. The number of allylic oxidation sites excluding steroid dienone is 1. The normalized spacial score (nSPS) is 9.33. The highest BCUT2D eigenvalue weighted by Gasteiger charge is 2.02. The van der Waals surface area contributed by atoms with E-state index in [1.807, 2.05) is 18.0 Å². The Labute approximate surface area is 90.7 Å². The molecule has 0 aliphatic rings. The van der Waals surface area contributed by atoms with Gasteiger partial charge in [-0.25, -0.2) is 4.98 Å². The quantitative estimate of drug-likeness (QED) is 0.542. The van der Waals surface area contributed by atoms with Crippen LogP contribution in [0.5, 0.6) is 0 Å². The van der Waals surface area contributed by atoms with Gasteiger partial charge in [-0.3, -0.25) is 0 Å². The van der Waals surface area contributed by atoms with Gasteiger partial charge in [0.1, 0.15) is 5.82 Å². The standard InChI is InChI=1S/C12H15N3/c1-3-4-5-8-15(2)12-9-11(10-13)6-7-14-12/h3,6-7,9H,1,4-5,8H2,2H3. The zero-order chi connectivity index (χ0) is 11.1. The molecule has 0 aliphatic heterocycles. The summed E-state index contributed by atoms with van der Waals surface area (Å²) in [5.74, 6) is 0.845. The summed E-state index contributed by atoms with van der Waals surface area (Å²) in [7, 11) is 1.98. The Kier molecular flexibility index (Phi) is 4.36. The lowest BCUT2D eigenvalue weighted by atomic mass is 10.2. The highest BCUT2D eigenvalue weighted by atomic mass is 15.2. The predicted molar refractivity (Wildman–Crippen MR) is 61.7 cm³/mol. The van der Waals surface area contributed by atoms with Crippen molar-refractivity contribution in [1.29, 1.82) is 5.26 Å². The number of rotatable bonds is 5. The molecule has 0 atom stereocenters. The second-order valence-corrected chi connectivity index (χ2v) is 3.37. The van der Waals surface area contributed by atoms with E-state index >= 15 is 0 Å². The second kappa shape index (κ2) is 5.82. The van der Waals surface area contributed by atoms with E-state index in [2.05, 4.69) is 17.6 Å². The molecule has 3 nitrogen and oxygen atoms in total. The van der Waals surface area contributed by atoms with Crippen molar-refractivity contribution in [1.82, 2.24) is 4.98 Å². The van der Waals surface area contributed by atoms with Gasteiger partial charge < -0.3 is 4.90 Å². The molecule has 0 unspecified atom stereocenters. The Bertz CT molecular complexity index is 365. The van der Waals surface area contributed by atoms with Crippen molar-refractivity contribution in [3.63, 3.8) is 0 Å². The molecule has 0 saturated heterocycles. The first-order valence-electron chi connectivity index (χ1n) is 4.96. The summed E-state index contributed by atoms with van der Waals surface area (Å²) in [5.41, 5.74) is 0.649. The fourth-order valence-corrected chi connectivity index (χ4v) is 1.28. The molecule has 0 amide bonds. The lowest BCUT2D eigenvalue weighted by Crippen LogP contribution is -2.19. The van der Waals surface area contributed by atoms with Crippen LogP contribution < -0.4 is 4.90 Å². The maximum absolute atomic E-state index is 8.75. The number of anilines is 1. The summed E-state index contributed by atoms with van der Waals surface area (Å²) < 4.78 is 0. The Morgan fingerprint density at radius 2 is 2.47 bits per heavy atom. The minimum atomic E-state index is 0.649. The predicted octanol–water partition coefficient (Wildman–Crippen LogP) is 2.36. The van der Waals surface area contributed by atoms with E-state index in [1.165, 1.54) is 0 Å². The Hall–Kier alpha value is -1.82. The average molecular weight is 201 g/mol. The third kappa shape index (κ3) is 3.43. The van der Waals surface area contributed by atoms with Crippen LogP contribution in [-0.2, 0) is 0 Å². The molecule has 1 heterocycles. The van der Waals surface area contributed by atoms with Crippen LogP contribution in [-0.4, -0.2) is 18.6 Å². The van der Waals surface area contributed by atoms with E-state index in [1.54, 1.807) is 18.3 Å². The highest BCUT2D eigenvalue weighted by Crippen LogP contribution is 2.10. The summed E-state index contributed by atoms with van der Waals surface area (Å²) in [6, 6.07) is 5.62. The molecule has 0 radical (unpaired) electrons. The van der Waals surface area contributed by atoms with Crippen LogP contribution in [0.2, 0.25) is 0 Å². The van der Waals surface area contributed by atoms with Gasteiger partial charge in [0, 0.05) is 19.8 Å². The fourth-order valence-electron chi connectivity index (χ4n) is 1.28. The number of aromatic nitrogens is 1. The first kappa shape index (κ1) is 11.3. The molecule has 0 saturated carbocycles. The van der Waals surface area contributed by atoms with Crippen molar-refractivity contribution in [3.05, 3.63) is 36.5 Å². The fraction of sp³-hybridized carbons (Fsp3) is 0.333. The number of hydrogen-bond acceptors (Lipinski definition) is 3. The van der Waals surface area contributed by atoms with Gasteiger partial charge in [0.15, 0.2) is 0 Å². The molecule has 78 valence electrons. The molecule has 1 rings (SSSR count). The van der Waals surface area contributed by atoms with Crippen LogP contribution in [0, 0.1) is 11.3 Å². The van der Waals surface area contributed by atoms with Crippen molar-refractivity contribution in [2.45, 2.75) is 12.8 Å². The van der Waals surface area contributed by atoms with Crippen molar-refractivity contribution in [2.24, 2.45) is 0 Å². The molecule has 0 N–H and O–H groups in total. The van der Waals surface area contributed by atoms with Gasteiger partial charge in [0.05, 0.1) is 11.6 Å². The van der Waals surface area contributed by atoms with Crippen molar-refractivity contribution < 1.29 is 0 Å². The average Bonchev–Trinajstić information content (AvgIpc) is 2.29. The molecular formula is C12H15N3. The zero-order valence-electron chi connectivity index (χ0n) is 8.98. The first-order valence-corrected chi connectivity index (χ1v) is 4.96. The molecule has 0 aliphatic carbocycles. The van der Waals surface area contributed by atoms with Gasteiger partial charge in [-0.15, -0.1) is 6.58 Å². The number of pyridine rings is 1. The molecule has 15 heavy (non-hydrogen) atoms. The molecule has 1 aromatic heterocycles. The Morgan fingerprint density at radius 3 is 3.13 bits per heavy atom. The second-order valence-electron chi connectivity index (χ2n) is 3.37. The van der Waals surface area contributed by atoms with E-state index in [4.69, 9.17) is 5.26 Å². The Balaban J connectivity index is 2.61. The molecule has 0 aromatic carbocycles. The van der Waals surface area contributed by atoms with Gasteiger partial charge in [-0.1, -0.05) is 6.08 Å². The smallest absolute Gasteiger partial charge is 0.129 e. The molecule has 0 fully saturated rings. The maximum atomic E-state index is 8.75. The van der Waals surface area contributed by atoms with Crippen LogP contribution in [0.15, 0.2) is 31.0 Å². The van der Waals surface area contributed by atoms with Crippen LogP contribution in [0.1, 0.15) is 18.4 Å². The molecule has 0 bridgehead atoms. The summed E-state index contributed by atoms with van der Waals surface area (Å²) in [5, 5.41) is 8.75. The topological polar surface area (TPSA) is 39.9 Å². The number of nitrogens with zero attached hydrogens (tertiary/aromatic N) is 3. The molecular weight excluding hydrogens is 186 g/mol. The van der Waals surface area contributed by atoms with E-state index in [0.29, 0.717) is 5.56 Å². The van der Waals surface area contributed by atoms with E-state index in [9.17, 15) is 0 Å². The third-order valence-electron chi connectivity index (χ3n) is 2.17. The van der Waals surface area contributed by atoms with Crippen LogP contribution in [0.3, 0.4) is 0 Å². The molecule has 3 heteroatoms. The van der Waals surface area contributed by atoms with Crippen LogP contribution >= 0.6 is 0 Å². The van der Waals surface area contributed by atoms with Crippen molar-refractivity contribution in [3.8, 4) is 6.07 Å². The van der Waals surface area contributed by atoms with E-state index in [0.717, 1.165) is 25.2 Å². The number of nitriles is 1. The van der Waals surface area contributed by atoms with Gasteiger partial charge in [-0.05, 0) is 25.0 Å². The van der Waals surface area contributed by atoms with Crippen LogP contribution in [0.4, 0.5) is 5.82 Å². The van der Waals surface area contributed by atoms with Gasteiger partial charge in [0.25, 0.3) is 0 Å². The van der Waals surface area contributed by atoms with Gasteiger partial charge >= 0.3 is 0 Å². The summed E-state index contributed by atoms with van der Waals surface area (Å²) in [6.45, 7) is 4.60. The van der Waals surface area contributed by atoms with Crippen molar-refractivity contribution >= 4 is 5.82 Å². The van der Waals surface area contributed by atoms with Crippen LogP contribution in [0.25, 0.3) is 0 Å². The minimum Gasteiger partial charge on any atom is -0.360 e. The van der Waals surface area contributed by atoms with E-state index < -0.39 is 0 Å². The highest BCUT2D eigenvalue weighted by molar-refractivity contribution is 5.44. The monoisotopic (exact) mass is 201 g/mol. The minimum absolute atomic E-state index is 0.649. The summed E-state index contributed by atoms with van der Waals surface area (Å²) in [6.07, 6.45) is 5.63. The molecule has 1 aromatic rings. The largest absolute Gasteiger partial charge is 0.360 e. The van der Waals surface area contributed by atoms with Crippen molar-refractivity contribution in [2.75, 3.05) is 18.5 Å². The lowest BCUT2D eigenvalue weighted by molar-refractivity contribution is 0.792. The summed E-state index contributed by atoms with van der Waals surface area (Å²) in [4.78, 5) is 6.26. The number of hydrogen-bond donors (Lipinski definition) is 0. The maximum Gasteiger partial charge on any atom is 0.129 e. The first-order chi connectivity index (χ1) is 7.27. The van der Waals surface area contributed by atoms with Gasteiger partial charge in [0.2, 0.25) is 0 Å². The number of unbranched alkanes of at least 4 members (excludes halogenated alkanes) is 1. The molecule has 0 spiro atoms. The lowest BCUT2D eigenvalue weighted by Gasteiger charge is -2.17. The van der Waals surface area contributed by atoms with E-state index in [-0.39, 0.29) is 0 Å². The third-order valence-corrected chi connectivity index (χ3v) is 2.17. The Morgan fingerprint density at radius 1 is 1.67 bits per heavy atom. The van der Waals surface area contributed by atoms with Gasteiger partial charge in [-0.2, -0.15) is 5.26 Å².